The number of aromatic carboxylic acids is 1. The van der Waals surface area contributed by atoms with E-state index < -0.39 is 12.1 Å². The van der Waals surface area contributed by atoms with Gasteiger partial charge in [-0.1, -0.05) is 12.1 Å². The molecule has 7 heteroatoms. The van der Waals surface area contributed by atoms with Crippen LogP contribution in [0, 0.1) is 0 Å². The number of fused-ring (bicyclic) bond motifs is 1. The summed E-state index contributed by atoms with van der Waals surface area (Å²) < 4.78 is 5.59. The molecule has 26 heavy (non-hydrogen) atoms. The average Bonchev–Trinajstić information content (AvgIpc) is 3.03. The van der Waals surface area contributed by atoms with E-state index in [-0.39, 0.29) is 17.6 Å². The molecule has 2 heterocycles. The number of amides is 1. The minimum atomic E-state index is -0.956. The zero-order chi connectivity index (χ0) is 18.8. The summed E-state index contributed by atoms with van der Waals surface area (Å²) in [6.45, 7) is 6.68. The number of carbonyl (C=O) groups excluding carboxylic acids is 1. The van der Waals surface area contributed by atoms with Crippen molar-refractivity contribution in [2.45, 2.75) is 45.9 Å². The fourth-order valence-electron chi connectivity index (χ4n) is 3.11. The largest absolute Gasteiger partial charge is 0.478 e. The maximum absolute atomic E-state index is 12.5. The van der Waals surface area contributed by atoms with Crippen molar-refractivity contribution in [1.29, 1.82) is 0 Å². The molecular weight excluding hydrogens is 334 g/mol. The average molecular weight is 357 g/mol. The van der Waals surface area contributed by atoms with Gasteiger partial charge in [-0.25, -0.2) is 9.78 Å². The number of aromatic amines is 1. The molecule has 138 valence electrons. The van der Waals surface area contributed by atoms with Gasteiger partial charge in [-0.05, 0) is 32.9 Å². The molecule has 0 spiro atoms. The van der Waals surface area contributed by atoms with E-state index in [9.17, 15) is 9.59 Å². The molecule has 1 aliphatic rings. The molecule has 1 aromatic carbocycles. The Labute approximate surface area is 152 Å². The van der Waals surface area contributed by atoms with E-state index >= 15 is 0 Å². The zero-order valence-electron chi connectivity index (χ0n) is 15.2. The van der Waals surface area contributed by atoms with Gasteiger partial charge in [0.1, 0.15) is 11.9 Å². The number of H-pyrrole nitrogens is 1. The van der Waals surface area contributed by atoms with Gasteiger partial charge in [0.15, 0.2) is 0 Å². The molecule has 1 amide bonds. The van der Waals surface area contributed by atoms with Crippen molar-refractivity contribution >= 4 is 11.9 Å². The number of hydrogen-bond donors (Lipinski definition) is 2. The van der Waals surface area contributed by atoms with E-state index in [1.165, 1.54) is 0 Å². The molecule has 1 atom stereocenters. The fraction of sp³-hybridized carbons (Fsp3) is 0.421. The van der Waals surface area contributed by atoms with Gasteiger partial charge in [-0.3, -0.25) is 4.79 Å². The highest BCUT2D eigenvalue weighted by molar-refractivity contribution is 5.88. The molecule has 0 unspecified atom stereocenters. The number of imidazole rings is 1. The Morgan fingerprint density at radius 1 is 1.23 bits per heavy atom. The van der Waals surface area contributed by atoms with Crippen LogP contribution in [0.4, 0.5) is 0 Å². The first-order chi connectivity index (χ1) is 12.3. The third-order valence-corrected chi connectivity index (χ3v) is 4.37. The second kappa shape index (κ2) is 7.29. The first-order valence-electron chi connectivity index (χ1n) is 8.71. The standard InChI is InChI=1S/C19H23N3O4/c1-11(2)26-12(3)18(23)22-9-8-15-16(10-22)21-17(20-15)13-4-6-14(7-5-13)19(24)25/h4-7,11-12H,8-10H2,1-3H3,(H,20,21)(H,24,25)/t12-/m0/s1. The van der Waals surface area contributed by atoms with Gasteiger partial charge in [0.05, 0.1) is 29.6 Å². The van der Waals surface area contributed by atoms with E-state index in [2.05, 4.69) is 9.97 Å². The van der Waals surface area contributed by atoms with E-state index in [0.717, 1.165) is 17.0 Å². The fourth-order valence-corrected chi connectivity index (χ4v) is 3.11. The van der Waals surface area contributed by atoms with Crippen molar-refractivity contribution < 1.29 is 19.4 Å². The number of hydrogen-bond acceptors (Lipinski definition) is 4. The van der Waals surface area contributed by atoms with Crippen LogP contribution < -0.4 is 0 Å². The number of nitrogens with zero attached hydrogens (tertiary/aromatic N) is 2. The Morgan fingerprint density at radius 3 is 2.54 bits per heavy atom. The van der Waals surface area contributed by atoms with Crippen LogP contribution in [-0.4, -0.2) is 50.6 Å². The van der Waals surface area contributed by atoms with E-state index in [0.29, 0.717) is 25.3 Å². The highest BCUT2D eigenvalue weighted by Gasteiger charge is 2.27. The highest BCUT2D eigenvalue weighted by atomic mass is 16.5. The number of benzene rings is 1. The van der Waals surface area contributed by atoms with Crippen LogP contribution >= 0.6 is 0 Å². The van der Waals surface area contributed by atoms with Crippen LogP contribution in [-0.2, 0) is 22.5 Å². The Hall–Kier alpha value is -2.67. The first kappa shape index (κ1) is 18.1. The molecule has 7 nitrogen and oxygen atoms in total. The topological polar surface area (TPSA) is 95.5 Å². The minimum Gasteiger partial charge on any atom is -0.478 e. The number of ether oxygens (including phenoxy) is 1. The second-order valence-electron chi connectivity index (χ2n) is 6.73. The number of aromatic nitrogens is 2. The molecule has 3 rings (SSSR count). The summed E-state index contributed by atoms with van der Waals surface area (Å²) in [5.41, 5.74) is 2.92. The lowest BCUT2D eigenvalue weighted by Gasteiger charge is -2.29. The maximum Gasteiger partial charge on any atom is 0.335 e. The lowest BCUT2D eigenvalue weighted by Crippen LogP contribution is -2.42. The normalized spacial score (nSPS) is 15.0. The molecule has 0 saturated carbocycles. The number of rotatable bonds is 5. The van der Waals surface area contributed by atoms with Gasteiger partial charge in [0.2, 0.25) is 0 Å². The molecule has 0 saturated heterocycles. The van der Waals surface area contributed by atoms with Crippen LogP contribution in [0.1, 0.15) is 42.5 Å². The van der Waals surface area contributed by atoms with E-state index in [4.69, 9.17) is 9.84 Å². The number of carboxylic acids is 1. The summed E-state index contributed by atoms with van der Waals surface area (Å²) in [4.78, 5) is 33.2. The molecule has 0 aliphatic carbocycles. The quantitative estimate of drug-likeness (QED) is 0.857. The Bertz CT molecular complexity index is 811. The van der Waals surface area contributed by atoms with Gasteiger partial charge in [-0.2, -0.15) is 0 Å². The van der Waals surface area contributed by atoms with Crippen LogP contribution in [0.5, 0.6) is 0 Å². The number of carboxylic acid groups (broad SMARTS) is 1. The molecule has 1 aliphatic heterocycles. The summed E-state index contributed by atoms with van der Waals surface area (Å²) >= 11 is 0. The molecule has 0 fully saturated rings. The molecule has 2 N–H and O–H groups in total. The van der Waals surface area contributed by atoms with Crippen molar-refractivity contribution in [2.75, 3.05) is 6.54 Å². The molecule has 0 bridgehead atoms. The molecule has 0 radical (unpaired) electrons. The van der Waals surface area contributed by atoms with Gasteiger partial charge >= 0.3 is 5.97 Å². The third kappa shape index (κ3) is 3.77. The van der Waals surface area contributed by atoms with Crippen LogP contribution in [0.15, 0.2) is 24.3 Å². The lowest BCUT2D eigenvalue weighted by atomic mass is 10.1. The van der Waals surface area contributed by atoms with E-state index in [1.54, 1.807) is 36.1 Å². The highest BCUT2D eigenvalue weighted by Crippen LogP contribution is 2.24. The zero-order valence-corrected chi connectivity index (χ0v) is 15.2. The molecular formula is C19H23N3O4. The predicted octanol–water partition coefficient (Wildman–Crippen LogP) is 2.47. The van der Waals surface area contributed by atoms with Gasteiger partial charge in [0.25, 0.3) is 5.91 Å². The Morgan fingerprint density at radius 2 is 1.92 bits per heavy atom. The van der Waals surface area contributed by atoms with Crippen LogP contribution in [0.2, 0.25) is 0 Å². The number of carbonyl (C=O) groups is 2. The smallest absolute Gasteiger partial charge is 0.335 e. The third-order valence-electron chi connectivity index (χ3n) is 4.37. The summed E-state index contributed by atoms with van der Waals surface area (Å²) in [6.07, 6.45) is 0.212. The maximum atomic E-state index is 12.5. The van der Waals surface area contributed by atoms with Crippen LogP contribution in [0.3, 0.4) is 0 Å². The van der Waals surface area contributed by atoms with Crippen molar-refractivity contribution in [3.63, 3.8) is 0 Å². The monoisotopic (exact) mass is 357 g/mol. The van der Waals surface area contributed by atoms with E-state index in [1.807, 2.05) is 13.8 Å². The minimum absolute atomic E-state index is 0.00170. The Kier molecular flexibility index (Phi) is 5.08. The van der Waals surface area contributed by atoms with Crippen molar-refractivity contribution in [3.8, 4) is 11.4 Å². The number of nitrogens with one attached hydrogen (secondary N) is 1. The second-order valence-corrected chi connectivity index (χ2v) is 6.73. The summed E-state index contributed by atoms with van der Waals surface area (Å²) in [5.74, 6) is -0.291. The summed E-state index contributed by atoms with van der Waals surface area (Å²) in [6, 6.07) is 6.57. The predicted molar refractivity (Wildman–Crippen MR) is 95.8 cm³/mol. The van der Waals surface area contributed by atoms with Crippen molar-refractivity contribution in [3.05, 3.63) is 41.2 Å². The molecule has 1 aromatic heterocycles. The SMILES string of the molecule is CC(C)O[C@@H](C)C(=O)N1CCc2nc(-c3ccc(C(=O)O)cc3)[nH]c2C1. The van der Waals surface area contributed by atoms with Gasteiger partial charge in [0, 0.05) is 18.5 Å². The molecule has 2 aromatic rings. The van der Waals surface area contributed by atoms with Crippen molar-refractivity contribution in [1.82, 2.24) is 14.9 Å². The Balaban J connectivity index is 1.74. The summed E-state index contributed by atoms with van der Waals surface area (Å²) in [7, 11) is 0. The van der Waals surface area contributed by atoms with Gasteiger partial charge in [-0.15, -0.1) is 0 Å². The summed E-state index contributed by atoms with van der Waals surface area (Å²) in [5, 5.41) is 8.99. The first-order valence-corrected chi connectivity index (χ1v) is 8.71. The lowest BCUT2D eigenvalue weighted by molar-refractivity contribution is -0.146. The van der Waals surface area contributed by atoms with Crippen molar-refractivity contribution in [2.24, 2.45) is 0 Å². The van der Waals surface area contributed by atoms with Crippen LogP contribution in [0.25, 0.3) is 11.4 Å². The van der Waals surface area contributed by atoms with Gasteiger partial charge < -0.3 is 19.7 Å².